The second kappa shape index (κ2) is 8.66. The van der Waals surface area contributed by atoms with E-state index in [2.05, 4.69) is 5.32 Å². The molecule has 1 amide bonds. The summed E-state index contributed by atoms with van der Waals surface area (Å²) in [7, 11) is 3.26. The highest BCUT2D eigenvalue weighted by Crippen LogP contribution is 2.28. The van der Waals surface area contributed by atoms with E-state index in [4.69, 9.17) is 9.47 Å². The van der Waals surface area contributed by atoms with E-state index in [1.165, 1.54) is 25.7 Å². The maximum absolute atomic E-state index is 11.9. The van der Waals surface area contributed by atoms with Gasteiger partial charge < -0.3 is 14.8 Å². The van der Waals surface area contributed by atoms with Gasteiger partial charge in [0.1, 0.15) is 0 Å². The van der Waals surface area contributed by atoms with Crippen molar-refractivity contribution in [3.8, 4) is 11.5 Å². The minimum Gasteiger partial charge on any atom is -0.493 e. The number of amides is 1. The van der Waals surface area contributed by atoms with Crippen LogP contribution in [0.2, 0.25) is 0 Å². The molecule has 0 saturated heterocycles. The van der Waals surface area contributed by atoms with Gasteiger partial charge in [-0.15, -0.1) is 0 Å². The third-order valence-corrected chi connectivity index (χ3v) is 4.44. The molecule has 0 unspecified atom stereocenters. The average Bonchev–Trinajstić information content (AvgIpc) is 3.06. The molecule has 1 fully saturated rings. The molecule has 2 rings (SSSR count). The van der Waals surface area contributed by atoms with Gasteiger partial charge in [-0.05, 0) is 36.5 Å². The quantitative estimate of drug-likeness (QED) is 0.801. The van der Waals surface area contributed by atoms with E-state index in [1.54, 1.807) is 14.2 Å². The van der Waals surface area contributed by atoms with Crippen LogP contribution in [0, 0.1) is 5.92 Å². The third-order valence-electron chi connectivity index (χ3n) is 4.44. The summed E-state index contributed by atoms with van der Waals surface area (Å²) in [4.78, 5) is 11.9. The monoisotopic (exact) mass is 305 g/mol. The maximum Gasteiger partial charge on any atom is 0.220 e. The lowest BCUT2D eigenvalue weighted by molar-refractivity contribution is -0.121. The summed E-state index contributed by atoms with van der Waals surface area (Å²) in [6.45, 7) is 0.666. The fourth-order valence-corrected chi connectivity index (χ4v) is 3.11. The third kappa shape index (κ3) is 4.93. The number of benzene rings is 1. The van der Waals surface area contributed by atoms with E-state index in [-0.39, 0.29) is 5.91 Å². The van der Waals surface area contributed by atoms with Crippen LogP contribution in [-0.4, -0.2) is 26.7 Å². The molecule has 22 heavy (non-hydrogen) atoms. The van der Waals surface area contributed by atoms with Gasteiger partial charge >= 0.3 is 0 Å². The van der Waals surface area contributed by atoms with Crippen LogP contribution in [0.5, 0.6) is 11.5 Å². The lowest BCUT2D eigenvalue weighted by atomic mass is 10.0. The minimum atomic E-state index is 0.173. The molecular formula is C18H27NO3. The molecule has 4 heteroatoms. The molecular weight excluding hydrogens is 278 g/mol. The van der Waals surface area contributed by atoms with Gasteiger partial charge in [-0.2, -0.15) is 0 Å². The number of carbonyl (C=O) groups excluding carboxylic acids is 1. The van der Waals surface area contributed by atoms with Gasteiger partial charge in [0.15, 0.2) is 11.5 Å². The molecule has 1 aliphatic carbocycles. The van der Waals surface area contributed by atoms with E-state index in [0.717, 1.165) is 35.8 Å². The Balaban J connectivity index is 1.70. The number of hydrogen-bond acceptors (Lipinski definition) is 3. The lowest BCUT2D eigenvalue weighted by Crippen LogP contribution is -2.25. The van der Waals surface area contributed by atoms with Crippen molar-refractivity contribution >= 4 is 5.91 Å². The molecule has 0 aliphatic heterocycles. The molecule has 0 spiro atoms. The van der Waals surface area contributed by atoms with Crippen molar-refractivity contribution in [3.63, 3.8) is 0 Å². The molecule has 0 atom stereocenters. The zero-order valence-electron chi connectivity index (χ0n) is 13.7. The van der Waals surface area contributed by atoms with Crippen LogP contribution >= 0.6 is 0 Å². The smallest absolute Gasteiger partial charge is 0.220 e. The van der Waals surface area contributed by atoms with Crippen LogP contribution in [0.4, 0.5) is 0 Å². The van der Waals surface area contributed by atoms with Gasteiger partial charge in [0.2, 0.25) is 5.91 Å². The van der Waals surface area contributed by atoms with E-state index in [1.807, 2.05) is 18.2 Å². The van der Waals surface area contributed by atoms with Crippen molar-refractivity contribution in [1.82, 2.24) is 5.32 Å². The van der Waals surface area contributed by atoms with Gasteiger partial charge in [0.25, 0.3) is 0 Å². The zero-order valence-corrected chi connectivity index (χ0v) is 13.7. The van der Waals surface area contributed by atoms with Crippen molar-refractivity contribution < 1.29 is 14.3 Å². The predicted octanol–water partition coefficient (Wildman–Crippen LogP) is 3.33. The first-order chi connectivity index (χ1) is 10.7. The summed E-state index contributed by atoms with van der Waals surface area (Å²) in [6, 6.07) is 5.87. The molecule has 1 aromatic rings. The maximum atomic E-state index is 11.9. The highest BCUT2D eigenvalue weighted by molar-refractivity contribution is 5.75. The van der Waals surface area contributed by atoms with Gasteiger partial charge in [0.05, 0.1) is 14.2 Å². The van der Waals surface area contributed by atoms with E-state index in [9.17, 15) is 4.79 Å². The fourth-order valence-electron chi connectivity index (χ4n) is 3.11. The van der Waals surface area contributed by atoms with Crippen LogP contribution in [-0.2, 0) is 11.2 Å². The summed E-state index contributed by atoms with van der Waals surface area (Å²) in [5.74, 6) is 2.41. The minimum absolute atomic E-state index is 0.173. The molecule has 1 aliphatic rings. The van der Waals surface area contributed by atoms with Crippen LogP contribution < -0.4 is 14.8 Å². The average molecular weight is 305 g/mol. The Morgan fingerprint density at radius 1 is 1.18 bits per heavy atom. The highest BCUT2D eigenvalue weighted by Gasteiger charge is 2.15. The van der Waals surface area contributed by atoms with Crippen molar-refractivity contribution in [2.75, 3.05) is 20.8 Å². The zero-order chi connectivity index (χ0) is 15.8. The molecule has 0 bridgehead atoms. The second-order valence-electron chi connectivity index (χ2n) is 5.98. The number of rotatable bonds is 8. The van der Waals surface area contributed by atoms with E-state index in [0.29, 0.717) is 13.0 Å². The Labute approximate surface area is 133 Å². The van der Waals surface area contributed by atoms with Crippen LogP contribution in [0.3, 0.4) is 0 Å². The van der Waals surface area contributed by atoms with Crippen molar-refractivity contribution in [1.29, 1.82) is 0 Å². The van der Waals surface area contributed by atoms with Crippen LogP contribution in [0.25, 0.3) is 0 Å². The predicted molar refractivity (Wildman–Crippen MR) is 87.5 cm³/mol. The molecule has 1 saturated carbocycles. The van der Waals surface area contributed by atoms with Crippen molar-refractivity contribution in [2.45, 2.75) is 44.9 Å². The summed E-state index contributed by atoms with van der Waals surface area (Å²) in [5, 5.41) is 3.01. The Hall–Kier alpha value is -1.71. The van der Waals surface area contributed by atoms with Crippen LogP contribution in [0.1, 0.15) is 44.1 Å². The Morgan fingerprint density at radius 2 is 1.91 bits per heavy atom. The summed E-state index contributed by atoms with van der Waals surface area (Å²) < 4.78 is 10.5. The molecule has 0 heterocycles. The van der Waals surface area contributed by atoms with Crippen molar-refractivity contribution in [2.24, 2.45) is 5.92 Å². The summed E-state index contributed by atoms with van der Waals surface area (Å²) >= 11 is 0. The van der Waals surface area contributed by atoms with E-state index >= 15 is 0 Å². The van der Waals surface area contributed by atoms with Crippen LogP contribution in [0.15, 0.2) is 18.2 Å². The first-order valence-electron chi connectivity index (χ1n) is 8.20. The SMILES string of the molecule is COc1ccc(CCNC(=O)CCC2CCCC2)cc1OC. The molecule has 122 valence electrons. The lowest BCUT2D eigenvalue weighted by Gasteiger charge is -2.11. The fraction of sp³-hybridized carbons (Fsp3) is 0.611. The van der Waals surface area contributed by atoms with E-state index < -0.39 is 0 Å². The first-order valence-corrected chi connectivity index (χ1v) is 8.20. The largest absolute Gasteiger partial charge is 0.493 e. The Bertz CT molecular complexity index is 481. The second-order valence-corrected chi connectivity index (χ2v) is 5.98. The van der Waals surface area contributed by atoms with Gasteiger partial charge in [-0.25, -0.2) is 0 Å². The molecule has 1 N–H and O–H groups in total. The summed E-state index contributed by atoms with van der Waals surface area (Å²) in [5.41, 5.74) is 1.13. The Morgan fingerprint density at radius 3 is 2.59 bits per heavy atom. The Kier molecular flexibility index (Phi) is 6.56. The summed E-state index contributed by atoms with van der Waals surface area (Å²) in [6.07, 6.45) is 7.79. The molecule has 0 radical (unpaired) electrons. The highest BCUT2D eigenvalue weighted by atomic mass is 16.5. The molecule has 1 aromatic carbocycles. The van der Waals surface area contributed by atoms with Gasteiger partial charge in [-0.1, -0.05) is 31.7 Å². The number of methoxy groups -OCH3 is 2. The molecule has 4 nitrogen and oxygen atoms in total. The molecule has 0 aromatic heterocycles. The first kappa shape index (κ1) is 16.7. The topological polar surface area (TPSA) is 47.6 Å². The van der Waals surface area contributed by atoms with Gasteiger partial charge in [-0.3, -0.25) is 4.79 Å². The number of hydrogen-bond donors (Lipinski definition) is 1. The number of nitrogens with one attached hydrogen (secondary N) is 1. The number of ether oxygens (including phenoxy) is 2. The van der Waals surface area contributed by atoms with Gasteiger partial charge in [0, 0.05) is 13.0 Å². The van der Waals surface area contributed by atoms with Crippen molar-refractivity contribution in [3.05, 3.63) is 23.8 Å². The normalized spacial score (nSPS) is 14.8. The standard InChI is InChI=1S/C18H27NO3/c1-21-16-9-7-15(13-17(16)22-2)11-12-19-18(20)10-8-14-5-3-4-6-14/h7,9,13-14H,3-6,8,10-12H2,1-2H3,(H,19,20). The number of carbonyl (C=O) groups is 1.